The second-order valence-corrected chi connectivity index (χ2v) is 19.7. The smallest absolute Gasteiger partial charge is 0.462 e. The predicted molar refractivity (Wildman–Crippen MR) is 265 cm³/mol. The number of allylic oxidation sites excluding steroid dienone is 4. The monoisotopic (exact) mass is 929 g/mol. The Morgan fingerprint density at radius 2 is 0.797 bits per heavy atom. The van der Waals surface area contributed by atoms with Crippen molar-refractivity contribution in [3.05, 3.63) is 24.3 Å². The van der Waals surface area contributed by atoms with Crippen LogP contribution in [0.2, 0.25) is 0 Å². The Labute approximate surface area is 393 Å². The van der Waals surface area contributed by atoms with Crippen LogP contribution in [0.15, 0.2) is 24.3 Å². The lowest BCUT2D eigenvalue weighted by atomic mass is 10.0. The zero-order chi connectivity index (χ0) is 46.9. The molecule has 0 aromatic heterocycles. The van der Waals surface area contributed by atoms with Crippen LogP contribution in [0.1, 0.15) is 264 Å². The van der Waals surface area contributed by atoms with Crippen molar-refractivity contribution in [2.75, 3.05) is 26.4 Å². The van der Waals surface area contributed by atoms with Crippen LogP contribution < -0.4 is 0 Å². The van der Waals surface area contributed by atoms with Crippen LogP contribution in [-0.2, 0) is 32.7 Å². The van der Waals surface area contributed by atoms with Gasteiger partial charge in [0.05, 0.1) is 19.8 Å². The summed E-state index contributed by atoms with van der Waals surface area (Å²) in [5.74, 6) is -0.959. The molecule has 0 rings (SSSR count). The van der Waals surface area contributed by atoms with E-state index in [1.165, 1.54) is 180 Å². The first-order valence-corrected chi connectivity index (χ1v) is 28.3. The number of aliphatic hydroxyl groups excluding tert-OH is 2. The zero-order valence-corrected chi connectivity index (χ0v) is 42.4. The van der Waals surface area contributed by atoms with Crippen molar-refractivity contribution in [1.82, 2.24) is 0 Å². The van der Waals surface area contributed by atoms with Crippen molar-refractivity contribution in [2.45, 2.75) is 276 Å². The Kier molecular flexibility index (Phi) is 48.2. The van der Waals surface area contributed by atoms with Crippen molar-refractivity contribution in [3.63, 3.8) is 0 Å². The normalized spacial score (nSPS) is 13.8. The van der Waals surface area contributed by atoms with Gasteiger partial charge in [-0.3, -0.25) is 18.6 Å². The van der Waals surface area contributed by atoms with Gasteiger partial charge in [0.2, 0.25) is 0 Å². The van der Waals surface area contributed by atoms with Crippen molar-refractivity contribution in [3.8, 4) is 0 Å². The summed E-state index contributed by atoms with van der Waals surface area (Å²) in [6, 6.07) is 0. The molecule has 0 aliphatic carbocycles. The van der Waals surface area contributed by atoms with Gasteiger partial charge in [-0.1, -0.05) is 231 Å². The van der Waals surface area contributed by atoms with E-state index in [2.05, 4.69) is 38.2 Å². The number of carbonyl (C=O) groups is 2. The Balaban J connectivity index is 4.17. The fourth-order valence-electron chi connectivity index (χ4n) is 7.72. The molecule has 0 aromatic carbocycles. The molecule has 0 bridgehead atoms. The van der Waals surface area contributed by atoms with Gasteiger partial charge < -0.3 is 24.6 Å². The summed E-state index contributed by atoms with van der Waals surface area (Å²) in [6.45, 7) is 2.40. The first-order chi connectivity index (χ1) is 31.2. The van der Waals surface area contributed by atoms with E-state index in [1.807, 2.05) is 0 Å². The summed E-state index contributed by atoms with van der Waals surface area (Å²) in [6.07, 6.45) is 53.1. The Hall–Kier alpha value is -1.55. The highest BCUT2D eigenvalue weighted by Crippen LogP contribution is 2.43. The fourth-order valence-corrected chi connectivity index (χ4v) is 8.51. The third-order valence-corrected chi connectivity index (χ3v) is 12.8. The van der Waals surface area contributed by atoms with Gasteiger partial charge in [0.15, 0.2) is 6.10 Å². The standard InChI is InChI=1S/C53H101O10P/c1-3-5-7-9-11-13-15-17-19-21-23-24-25-26-27-29-30-32-34-36-38-40-42-44-52(56)60-48-51(49-62-64(58,59)61-47-50(55)46-54)63-53(57)45-43-41-39-37-35-33-31-28-22-20-18-16-14-12-10-8-6-4-2/h29-30,36,38,50-51,54-55H,3-28,31-35,37,39-49H2,1-2H3,(H,58,59)/b30-29+,38-36+/t50-,51+/m1/s1. The molecule has 0 saturated heterocycles. The van der Waals surface area contributed by atoms with Crippen molar-refractivity contribution in [2.24, 2.45) is 0 Å². The summed E-state index contributed by atoms with van der Waals surface area (Å²) >= 11 is 0. The lowest BCUT2D eigenvalue weighted by Crippen LogP contribution is -2.29. The lowest BCUT2D eigenvalue weighted by molar-refractivity contribution is -0.161. The molecular weight excluding hydrogens is 828 g/mol. The van der Waals surface area contributed by atoms with Crippen LogP contribution in [0.5, 0.6) is 0 Å². The summed E-state index contributed by atoms with van der Waals surface area (Å²) in [5.41, 5.74) is 0. The van der Waals surface area contributed by atoms with Crippen LogP contribution >= 0.6 is 7.82 Å². The average Bonchev–Trinajstić information content (AvgIpc) is 3.28. The van der Waals surface area contributed by atoms with Gasteiger partial charge in [-0.05, 0) is 44.9 Å². The molecule has 0 radical (unpaired) electrons. The van der Waals surface area contributed by atoms with E-state index in [0.29, 0.717) is 12.8 Å². The lowest BCUT2D eigenvalue weighted by Gasteiger charge is -2.20. The maximum atomic E-state index is 12.7. The van der Waals surface area contributed by atoms with Gasteiger partial charge in [-0.2, -0.15) is 0 Å². The Morgan fingerprint density at radius 3 is 1.22 bits per heavy atom. The van der Waals surface area contributed by atoms with Gasteiger partial charge in [0.25, 0.3) is 0 Å². The molecule has 3 atom stereocenters. The molecule has 11 heteroatoms. The third kappa shape index (κ3) is 48.4. The number of aliphatic hydroxyl groups is 2. The molecule has 3 N–H and O–H groups in total. The minimum Gasteiger partial charge on any atom is -0.462 e. The molecule has 0 amide bonds. The Morgan fingerprint density at radius 1 is 0.453 bits per heavy atom. The summed E-state index contributed by atoms with van der Waals surface area (Å²) in [7, 11) is -4.63. The van der Waals surface area contributed by atoms with Gasteiger partial charge in [0.1, 0.15) is 12.7 Å². The minimum absolute atomic E-state index is 0.181. The number of esters is 2. The van der Waals surface area contributed by atoms with E-state index in [1.54, 1.807) is 0 Å². The second-order valence-electron chi connectivity index (χ2n) is 18.2. The number of ether oxygens (including phenoxy) is 2. The number of phosphoric acid groups is 1. The van der Waals surface area contributed by atoms with Gasteiger partial charge in [-0.15, -0.1) is 0 Å². The fraction of sp³-hybridized carbons (Fsp3) is 0.887. The van der Waals surface area contributed by atoms with Gasteiger partial charge in [0, 0.05) is 12.8 Å². The molecule has 0 saturated carbocycles. The molecule has 0 heterocycles. The number of hydrogen-bond donors (Lipinski definition) is 3. The van der Waals surface area contributed by atoms with Gasteiger partial charge >= 0.3 is 19.8 Å². The molecule has 0 aromatic rings. The largest absolute Gasteiger partial charge is 0.472 e. The molecular formula is C53H101O10P. The first kappa shape index (κ1) is 62.4. The average molecular weight is 929 g/mol. The molecule has 64 heavy (non-hydrogen) atoms. The molecule has 0 spiro atoms. The molecule has 0 aliphatic heterocycles. The summed E-state index contributed by atoms with van der Waals surface area (Å²) in [5, 5.41) is 18.4. The maximum Gasteiger partial charge on any atom is 0.472 e. The number of unbranched alkanes of at least 4 members (excludes halogenated alkanes) is 33. The third-order valence-electron chi connectivity index (χ3n) is 11.8. The van der Waals surface area contributed by atoms with E-state index < -0.39 is 51.8 Å². The summed E-state index contributed by atoms with van der Waals surface area (Å²) in [4.78, 5) is 35.2. The second kappa shape index (κ2) is 49.4. The van der Waals surface area contributed by atoms with E-state index in [4.69, 9.17) is 23.6 Å². The molecule has 378 valence electrons. The molecule has 0 aliphatic rings. The molecule has 10 nitrogen and oxygen atoms in total. The van der Waals surface area contributed by atoms with Crippen molar-refractivity contribution < 1.29 is 47.8 Å². The zero-order valence-electron chi connectivity index (χ0n) is 41.5. The maximum absolute atomic E-state index is 12.7. The highest BCUT2D eigenvalue weighted by molar-refractivity contribution is 7.47. The Bertz CT molecular complexity index is 1110. The van der Waals surface area contributed by atoms with Crippen LogP contribution in [-0.4, -0.2) is 65.7 Å². The van der Waals surface area contributed by atoms with Gasteiger partial charge in [-0.25, -0.2) is 4.57 Å². The SMILES string of the molecule is CCCCCCCCCCCCCCCC/C=C/CC/C=C/CCCC(=O)OC[C@@H](COP(=O)(O)OC[C@H](O)CO)OC(=O)CCCCCCCCCCCCCCCCCCCC. The number of carbonyl (C=O) groups excluding carboxylic acids is 2. The predicted octanol–water partition coefficient (Wildman–Crippen LogP) is 15.3. The molecule has 0 fully saturated rings. The van der Waals surface area contributed by atoms with Crippen molar-refractivity contribution in [1.29, 1.82) is 0 Å². The van der Waals surface area contributed by atoms with E-state index in [-0.39, 0.29) is 19.4 Å². The topological polar surface area (TPSA) is 149 Å². The highest BCUT2D eigenvalue weighted by Gasteiger charge is 2.27. The van der Waals surface area contributed by atoms with Crippen LogP contribution in [0.4, 0.5) is 0 Å². The number of phosphoric ester groups is 1. The number of rotatable bonds is 51. The summed E-state index contributed by atoms with van der Waals surface area (Å²) < 4.78 is 32.9. The van der Waals surface area contributed by atoms with Crippen LogP contribution in [0, 0.1) is 0 Å². The van der Waals surface area contributed by atoms with Crippen molar-refractivity contribution >= 4 is 19.8 Å². The minimum atomic E-state index is -4.63. The van der Waals surface area contributed by atoms with Crippen LogP contribution in [0.25, 0.3) is 0 Å². The quantitative estimate of drug-likeness (QED) is 0.0233. The molecule has 1 unspecified atom stereocenters. The number of hydrogen-bond acceptors (Lipinski definition) is 9. The first-order valence-electron chi connectivity index (χ1n) is 26.8. The van der Waals surface area contributed by atoms with E-state index >= 15 is 0 Å². The van der Waals surface area contributed by atoms with E-state index in [0.717, 1.165) is 44.9 Å². The highest BCUT2D eigenvalue weighted by atomic mass is 31.2. The van der Waals surface area contributed by atoms with Crippen LogP contribution in [0.3, 0.4) is 0 Å². The van der Waals surface area contributed by atoms with E-state index in [9.17, 15) is 24.2 Å².